The van der Waals surface area contributed by atoms with E-state index in [2.05, 4.69) is 16.4 Å². The third-order valence-electron chi connectivity index (χ3n) is 10.4. The highest BCUT2D eigenvalue weighted by molar-refractivity contribution is 6.35. The number of ether oxygens (including phenoxy) is 4. The minimum atomic E-state index is -0.343. The topological polar surface area (TPSA) is 80.0 Å². The van der Waals surface area contributed by atoms with Crippen molar-refractivity contribution in [2.45, 2.75) is 65.0 Å². The Kier molecular flexibility index (Phi) is 11.5. The van der Waals surface area contributed by atoms with Crippen molar-refractivity contribution in [2.75, 3.05) is 52.7 Å². The standard InChI is InChI=1S/C41H48ClFN4O5/c1-4-33-37-36-32(42)16-15-31-30(11-9-23-51-34-12-8-10-27-26-28(43)13-14-29(27)34)40(41(48)50-5-2)47(39(31)36)18-6-7-22-52-35(38(37)44-45(33)3)17-19-46-20-24-49-25-21-46/h8,10,12-16,26,35H,4-7,9,11,17-25H2,1-3H3. The first-order valence-corrected chi connectivity index (χ1v) is 19.1. The average molecular weight is 731 g/mol. The second-order valence-electron chi connectivity index (χ2n) is 13.6. The number of aromatic nitrogens is 3. The van der Waals surface area contributed by atoms with Gasteiger partial charge in [0, 0.05) is 67.4 Å². The van der Waals surface area contributed by atoms with E-state index in [9.17, 15) is 9.18 Å². The molecule has 0 aliphatic carbocycles. The van der Waals surface area contributed by atoms with Crippen LogP contribution in [0.15, 0.2) is 48.5 Å². The molecule has 0 N–H and O–H groups in total. The summed E-state index contributed by atoms with van der Waals surface area (Å²) < 4.78 is 42.3. The largest absolute Gasteiger partial charge is 0.493 e. The molecule has 0 bridgehead atoms. The van der Waals surface area contributed by atoms with E-state index in [1.165, 1.54) is 12.1 Å². The number of halogens is 2. The van der Waals surface area contributed by atoms with Gasteiger partial charge in [0.1, 0.15) is 23.4 Å². The second kappa shape index (κ2) is 16.4. The van der Waals surface area contributed by atoms with Crippen LogP contribution in [0.4, 0.5) is 4.39 Å². The monoisotopic (exact) mass is 730 g/mol. The summed E-state index contributed by atoms with van der Waals surface area (Å²) in [7, 11) is 1.99. The highest BCUT2D eigenvalue weighted by Crippen LogP contribution is 2.45. The molecule has 1 unspecified atom stereocenters. The van der Waals surface area contributed by atoms with E-state index in [0.717, 1.165) is 108 Å². The van der Waals surface area contributed by atoms with Crippen LogP contribution in [0.1, 0.15) is 73.1 Å². The molecular weight excluding hydrogens is 683 g/mol. The van der Waals surface area contributed by atoms with Crippen molar-refractivity contribution in [1.82, 2.24) is 19.2 Å². The zero-order valence-corrected chi connectivity index (χ0v) is 31.1. The normalized spacial score (nSPS) is 16.9. The van der Waals surface area contributed by atoms with Gasteiger partial charge in [-0.05, 0) is 86.7 Å². The molecule has 5 aromatic rings. The summed E-state index contributed by atoms with van der Waals surface area (Å²) in [6, 6.07) is 14.4. The lowest BCUT2D eigenvalue weighted by Gasteiger charge is -2.28. The molecule has 1 fully saturated rings. The number of hydrogen-bond donors (Lipinski definition) is 0. The van der Waals surface area contributed by atoms with Crippen LogP contribution in [0, 0.1) is 5.82 Å². The maximum atomic E-state index is 14.0. The van der Waals surface area contributed by atoms with Crippen molar-refractivity contribution in [3.63, 3.8) is 0 Å². The van der Waals surface area contributed by atoms with Gasteiger partial charge in [0.2, 0.25) is 0 Å². The molecule has 0 spiro atoms. The molecule has 11 heteroatoms. The van der Waals surface area contributed by atoms with Crippen LogP contribution in [-0.4, -0.2) is 77.9 Å². The van der Waals surface area contributed by atoms with Gasteiger partial charge in [0.15, 0.2) is 0 Å². The molecular formula is C41H48ClFN4O5. The minimum Gasteiger partial charge on any atom is -0.493 e. The van der Waals surface area contributed by atoms with Crippen LogP contribution in [0.3, 0.4) is 0 Å². The van der Waals surface area contributed by atoms with E-state index in [4.69, 9.17) is 35.6 Å². The first kappa shape index (κ1) is 36.4. The van der Waals surface area contributed by atoms with Crippen molar-refractivity contribution < 1.29 is 28.1 Å². The SMILES string of the molecule is CCOC(=O)c1c(CCCOc2cccc3cc(F)ccc23)c2ccc(Cl)c3c2n1CCCCOC(CCN1CCOCC1)c1nn(C)c(CC)c1-3. The number of aryl methyl sites for hydroxylation is 3. The number of carbonyl (C=O) groups is 1. The number of nitrogens with zero attached hydrogens (tertiary/aromatic N) is 4. The van der Waals surface area contributed by atoms with E-state index < -0.39 is 0 Å². The first-order chi connectivity index (χ1) is 25.4. The first-order valence-electron chi connectivity index (χ1n) is 18.7. The Hall–Kier alpha value is -3.96. The number of carbonyl (C=O) groups excluding carboxylic acids is 1. The van der Waals surface area contributed by atoms with Gasteiger partial charge < -0.3 is 23.5 Å². The van der Waals surface area contributed by atoms with E-state index in [0.29, 0.717) is 49.1 Å². The Labute approximate surface area is 309 Å². The Balaban J connectivity index is 1.30. The zero-order chi connectivity index (χ0) is 36.2. The summed E-state index contributed by atoms with van der Waals surface area (Å²) in [6.07, 6.45) is 4.21. The number of rotatable bonds is 11. The maximum Gasteiger partial charge on any atom is 0.355 e. The lowest BCUT2D eigenvalue weighted by Crippen LogP contribution is -2.37. The average Bonchev–Trinajstić information content (AvgIpc) is 3.63. The molecule has 7 rings (SSSR count). The lowest BCUT2D eigenvalue weighted by atomic mass is 9.94. The van der Waals surface area contributed by atoms with Gasteiger partial charge in [-0.25, -0.2) is 9.18 Å². The van der Waals surface area contributed by atoms with Crippen LogP contribution in [0.25, 0.3) is 32.8 Å². The molecule has 1 atom stereocenters. The third-order valence-corrected chi connectivity index (χ3v) is 10.7. The summed E-state index contributed by atoms with van der Waals surface area (Å²) in [6.45, 7) is 10.1. The highest BCUT2D eigenvalue weighted by Gasteiger charge is 2.32. The molecule has 4 heterocycles. The Bertz CT molecular complexity index is 2050. The molecule has 276 valence electrons. The number of benzene rings is 3. The lowest BCUT2D eigenvalue weighted by molar-refractivity contribution is 0.00973. The Morgan fingerprint density at radius 3 is 2.65 bits per heavy atom. The molecule has 0 amide bonds. The number of esters is 1. The van der Waals surface area contributed by atoms with Crippen LogP contribution >= 0.6 is 11.6 Å². The molecule has 9 nitrogen and oxygen atoms in total. The van der Waals surface area contributed by atoms with Gasteiger partial charge in [0.05, 0.1) is 42.7 Å². The van der Waals surface area contributed by atoms with Gasteiger partial charge in [0.25, 0.3) is 0 Å². The predicted octanol–water partition coefficient (Wildman–Crippen LogP) is 8.31. The fraction of sp³-hybridized carbons (Fsp3) is 0.463. The molecule has 2 aliphatic heterocycles. The van der Waals surface area contributed by atoms with Gasteiger partial charge in [-0.3, -0.25) is 9.58 Å². The molecule has 1 saturated heterocycles. The molecule has 2 aromatic heterocycles. The zero-order valence-electron chi connectivity index (χ0n) is 30.4. The second-order valence-corrected chi connectivity index (χ2v) is 14.0. The maximum absolute atomic E-state index is 14.0. The summed E-state index contributed by atoms with van der Waals surface area (Å²) in [5.41, 5.74) is 6.26. The third kappa shape index (κ3) is 7.31. The Morgan fingerprint density at radius 2 is 1.85 bits per heavy atom. The Morgan fingerprint density at radius 1 is 1.02 bits per heavy atom. The summed E-state index contributed by atoms with van der Waals surface area (Å²) >= 11 is 7.26. The van der Waals surface area contributed by atoms with Crippen LogP contribution < -0.4 is 4.74 Å². The van der Waals surface area contributed by atoms with Gasteiger partial charge in [-0.1, -0.05) is 36.7 Å². The fourth-order valence-electron chi connectivity index (χ4n) is 7.93. The number of fused-ring (bicyclic) bond motifs is 3. The predicted molar refractivity (Wildman–Crippen MR) is 202 cm³/mol. The van der Waals surface area contributed by atoms with Crippen molar-refractivity contribution in [2.24, 2.45) is 7.05 Å². The van der Waals surface area contributed by atoms with Crippen molar-refractivity contribution in [1.29, 1.82) is 0 Å². The summed E-state index contributed by atoms with van der Waals surface area (Å²) in [4.78, 5) is 16.4. The minimum absolute atomic E-state index is 0.219. The molecule has 52 heavy (non-hydrogen) atoms. The van der Waals surface area contributed by atoms with Crippen LogP contribution in [-0.2, 0) is 40.6 Å². The molecule has 3 aromatic carbocycles. The van der Waals surface area contributed by atoms with Crippen LogP contribution in [0.2, 0.25) is 5.02 Å². The summed E-state index contributed by atoms with van der Waals surface area (Å²) in [5, 5.41) is 8.37. The molecule has 0 radical (unpaired) electrons. The van der Waals surface area contributed by atoms with Crippen molar-refractivity contribution in [3.05, 3.63) is 82.0 Å². The van der Waals surface area contributed by atoms with E-state index in [1.807, 2.05) is 49.0 Å². The van der Waals surface area contributed by atoms with Gasteiger partial charge >= 0.3 is 5.97 Å². The molecule has 0 saturated carbocycles. The number of morpholine rings is 1. The van der Waals surface area contributed by atoms with Crippen molar-refractivity contribution in [3.8, 4) is 16.9 Å². The number of hydrogen-bond acceptors (Lipinski definition) is 7. The van der Waals surface area contributed by atoms with Gasteiger partial charge in [-0.2, -0.15) is 5.10 Å². The molecule has 2 aliphatic rings. The van der Waals surface area contributed by atoms with E-state index in [-0.39, 0.29) is 24.5 Å². The summed E-state index contributed by atoms with van der Waals surface area (Å²) in [5.74, 6) is 0.0820. The quantitative estimate of drug-likeness (QED) is 0.1000. The van der Waals surface area contributed by atoms with Gasteiger partial charge in [-0.15, -0.1) is 0 Å². The highest BCUT2D eigenvalue weighted by atomic mass is 35.5. The van der Waals surface area contributed by atoms with E-state index >= 15 is 0 Å². The van der Waals surface area contributed by atoms with Crippen molar-refractivity contribution >= 4 is 39.2 Å². The fourth-order valence-corrected chi connectivity index (χ4v) is 8.17. The van der Waals surface area contributed by atoms with E-state index in [1.54, 1.807) is 6.07 Å². The van der Waals surface area contributed by atoms with Crippen LogP contribution in [0.5, 0.6) is 5.75 Å². The smallest absolute Gasteiger partial charge is 0.355 e.